The first-order valence-electron chi connectivity index (χ1n) is 0. The monoisotopic (exact) mass is 244 g/mol. The quantitative estimate of drug-likeness (QED) is 0.373. The molecule has 0 aromatic rings. The number of hydrogen-bond donors (Lipinski definition) is 0. The maximum Gasteiger partial charge on any atom is 2.00 e. The van der Waals surface area contributed by atoms with Crippen molar-refractivity contribution in [3.8, 4) is 0 Å². The van der Waals surface area contributed by atoms with Gasteiger partial charge in [-0.3, -0.25) is 0 Å². The topological polar surface area (TPSA) is 0 Å². The molecular weight excluding hydrogens is 245 g/mol. The summed E-state index contributed by atoms with van der Waals surface area (Å²) >= 11 is 0. The van der Waals surface area contributed by atoms with E-state index >= 15 is 0 Å². The molecule has 0 atom stereocenters. The van der Waals surface area contributed by atoms with E-state index in [-0.39, 0.29) is 84.5 Å². The Hall–Kier alpha value is 2.37. The van der Waals surface area contributed by atoms with Crippen molar-refractivity contribution < 1.29 is 46.7 Å². The second kappa shape index (κ2) is 18.3. The van der Waals surface area contributed by atoms with Crippen molar-refractivity contribution in [2.24, 2.45) is 0 Å². The summed E-state index contributed by atoms with van der Waals surface area (Å²) in [5.41, 5.74) is 0. The summed E-state index contributed by atoms with van der Waals surface area (Å²) in [7, 11) is 0. The second-order valence-corrected chi connectivity index (χ2v) is 0. The van der Waals surface area contributed by atoms with E-state index in [1.165, 1.54) is 0 Å². The van der Waals surface area contributed by atoms with Gasteiger partial charge >= 0.3 is 37.7 Å². The van der Waals surface area contributed by atoms with Crippen LogP contribution in [0.4, 0.5) is 0 Å². The van der Waals surface area contributed by atoms with Gasteiger partial charge in [0.15, 0.2) is 0 Å². The first-order valence-corrected chi connectivity index (χ1v) is 0. The first kappa shape index (κ1) is 32.7. The van der Waals surface area contributed by atoms with Crippen LogP contribution in [-0.2, 0) is 0 Å². The Labute approximate surface area is 82.7 Å². The molecule has 0 saturated heterocycles. The van der Waals surface area contributed by atoms with Gasteiger partial charge in [-0.15, -0.1) is 0 Å². The average Bonchev–Trinajstić information content (AvgIpc) is 0. The minimum absolute atomic E-state index is 0. The number of halogens is 2. The smallest absolute Gasteiger partial charge is 1.00 e. The predicted octanol–water partition coefficient (Wildman–Crippen LogP) is -6.37. The van der Waals surface area contributed by atoms with Crippen molar-refractivity contribution in [3.63, 3.8) is 0 Å². The normalized spacial score (nSPS) is 0. The summed E-state index contributed by atoms with van der Waals surface area (Å²) in [6, 6.07) is 0. The van der Waals surface area contributed by atoms with Crippen molar-refractivity contribution in [1.29, 1.82) is 0 Å². The van der Waals surface area contributed by atoms with Crippen LogP contribution in [0.15, 0.2) is 0 Å². The molecule has 28 valence electrons. The van der Waals surface area contributed by atoms with E-state index in [9.17, 15) is 0 Å². The zero-order valence-electron chi connectivity index (χ0n) is 1.75. The SMILES string of the molecule is [Ca+2].[Er].[F-].[F-]. The fourth-order valence-electron chi connectivity index (χ4n) is 0. The van der Waals surface area contributed by atoms with Crippen molar-refractivity contribution in [3.05, 3.63) is 0 Å². The standard InChI is InChI=1S/Ca.Er.2FH/h;;2*1H/q+2;;;/p-2. The van der Waals surface area contributed by atoms with E-state index in [1.807, 2.05) is 0 Å². The minimum atomic E-state index is 0. The van der Waals surface area contributed by atoms with Crippen LogP contribution in [0.3, 0.4) is 0 Å². The molecule has 0 heterocycles. The average molecular weight is 245 g/mol. The third-order valence-corrected chi connectivity index (χ3v) is 0. The van der Waals surface area contributed by atoms with Crippen LogP contribution in [0.5, 0.6) is 0 Å². The van der Waals surface area contributed by atoms with Crippen LogP contribution < -0.4 is 9.41 Å². The van der Waals surface area contributed by atoms with E-state index < -0.39 is 0 Å². The molecule has 4 heavy (non-hydrogen) atoms. The third kappa shape index (κ3) is 8.84. The van der Waals surface area contributed by atoms with Gasteiger partial charge in [-0.2, -0.15) is 0 Å². The zero-order chi connectivity index (χ0) is 0. The molecule has 0 saturated carbocycles. The summed E-state index contributed by atoms with van der Waals surface area (Å²) in [6.45, 7) is 0. The van der Waals surface area contributed by atoms with Crippen LogP contribution in [0.1, 0.15) is 0 Å². The van der Waals surface area contributed by atoms with Gasteiger partial charge in [-0.05, 0) is 0 Å². The molecule has 0 fully saturated rings. The maximum atomic E-state index is 0. The molecule has 0 aliphatic rings. The summed E-state index contributed by atoms with van der Waals surface area (Å²) in [4.78, 5) is 0. The summed E-state index contributed by atoms with van der Waals surface area (Å²) in [5, 5.41) is 0. The van der Waals surface area contributed by atoms with Crippen LogP contribution in [0.25, 0.3) is 0 Å². The molecule has 0 aromatic carbocycles. The van der Waals surface area contributed by atoms with Crippen LogP contribution in [0.2, 0.25) is 0 Å². The Morgan fingerprint density at radius 2 is 0.750 bits per heavy atom. The van der Waals surface area contributed by atoms with Crippen LogP contribution in [-0.4, -0.2) is 37.7 Å². The Bertz CT molecular complexity index is 6.00. The Balaban J connectivity index is 0. The molecule has 0 aliphatic heterocycles. The Kier molecular flexibility index (Phi) is 150. The van der Waals surface area contributed by atoms with E-state index in [0.29, 0.717) is 0 Å². The molecule has 0 amide bonds. The molecular formula is CaErF2. The van der Waals surface area contributed by atoms with Gasteiger partial charge in [0.1, 0.15) is 0 Å². The molecule has 0 rings (SSSR count). The molecule has 0 unspecified atom stereocenters. The van der Waals surface area contributed by atoms with Gasteiger partial charge in [0.05, 0.1) is 0 Å². The largest absolute Gasteiger partial charge is 2.00 e. The summed E-state index contributed by atoms with van der Waals surface area (Å²) in [5.74, 6) is 0. The summed E-state index contributed by atoms with van der Waals surface area (Å²) in [6.07, 6.45) is 0. The van der Waals surface area contributed by atoms with Gasteiger partial charge in [-0.1, -0.05) is 0 Å². The number of hydrogen-bond acceptors (Lipinski definition) is 0. The van der Waals surface area contributed by atoms with Gasteiger partial charge in [-0.25, -0.2) is 0 Å². The van der Waals surface area contributed by atoms with Gasteiger partial charge < -0.3 is 9.41 Å². The van der Waals surface area contributed by atoms with Gasteiger partial charge in [0.2, 0.25) is 0 Å². The fraction of sp³-hybridized carbons (Fsp3) is 0. The zero-order valence-corrected chi connectivity index (χ0v) is 5.81. The van der Waals surface area contributed by atoms with Crippen LogP contribution in [0, 0.1) is 37.3 Å². The predicted molar refractivity (Wildman–Crippen MR) is 5.75 cm³/mol. The van der Waals surface area contributed by atoms with Crippen molar-refractivity contribution in [2.75, 3.05) is 0 Å². The van der Waals surface area contributed by atoms with E-state index in [2.05, 4.69) is 0 Å². The van der Waals surface area contributed by atoms with E-state index in [1.54, 1.807) is 0 Å². The van der Waals surface area contributed by atoms with E-state index in [4.69, 9.17) is 0 Å². The second-order valence-electron chi connectivity index (χ2n) is 0. The molecule has 0 spiro atoms. The van der Waals surface area contributed by atoms with Crippen molar-refractivity contribution in [2.45, 2.75) is 0 Å². The molecule has 0 N–H and O–H groups in total. The van der Waals surface area contributed by atoms with Crippen molar-refractivity contribution >= 4 is 37.7 Å². The number of rotatable bonds is 0. The Morgan fingerprint density at radius 3 is 0.750 bits per heavy atom. The van der Waals surface area contributed by atoms with Crippen molar-refractivity contribution in [1.82, 2.24) is 0 Å². The molecule has 0 radical (unpaired) electrons. The first-order chi connectivity index (χ1) is 0. The maximum absolute atomic E-state index is 0. The third-order valence-electron chi connectivity index (χ3n) is 0. The molecule has 4 heteroatoms. The fourth-order valence-corrected chi connectivity index (χ4v) is 0. The molecule has 0 aliphatic carbocycles. The molecule has 0 bridgehead atoms. The minimum Gasteiger partial charge on any atom is -1.00 e. The van der Waals surface area contributed by atoms with Gasteiger partial charge in [0, 0.05) is 37.3 Å². The van der Waals surface area contributed by atoms with Crippen LogP contribution >= 0.6 is 0 Å². The Morgan fingerprint density at radius 1 is 0.750 bits per heavy atom. The van der Waals surface area contributed by atoms with E-state index in [0.717, 1.165) is 0 Å². The summed E-state index contributed by atoms with van der Waals surface area (Å²) < 4.78 is 0. The van der Waals surface area contributed by atoms with Gasteiger partial charge in [0.25, 0.3) is 0 Å². The molecule has 0 nitrogen and oxygen atoms in total. The molecule has 0 aromatic heterocycles.